The third-order valence-corrected chi connectivity index (χ3v) is 2.90. The zero-order chi connectivity index (χ0) is 9.68. The molecule has 1 rings (SSSR count). The van der Waals surface area contributed by atoms with Gasteiger partial charge in [0, 0.05) is 12.6 Å². The predicted octanol–water partition coefficient (Wildman–Crippen LogP) is 2.24. The van der Waals surface area contributed by atoms with Crippen molar-refractivity contribution in [3.63, 3.8) is 0 Å². The Labute approximate surface area is 86.7 Å². The molecule has 1 saturated heterocycles. The zero-order valence-electron chi connectivity index (χ0n) is 8.72. The largest absolute Gasteiger partial charge is 0.302 e. The van der Waals surface area contributed by atoms with Gasteiger partial charge >= 0.3 is 0 Å². The van der Waals surface area contributed by atoms with Crippen LogP contribution in [0.15, 0.2) is 0 Å². The molecule has 0 aromatic carbocycles. The van der Waals surface area contributed by atoms with E-state index in [4.69, 9.17) is 11.8 Å². The van der Waals surface area contributed by atoms with E-state index < -0.39 is 0 Å². The van der Waals surface area contributed by atoms with E-state index in [-0.39, 0.29) is 0 Å². The lowest BCUT2D eigenvalue weighted by Crippen LogP contribution is -2.36. The van der Waals surface area contributed by atoms with Crippen LogP contribution in [0.4, 0.5) is 0 Å². The highest BCUT2D eigenvalue weighted by Crippen LogP contribution is 2.12. The van der Waals surface area contributed by atoms with Gasteiger partial charge in [-0.15, -0.1) is 0 Å². The van der Waals surface area contributed by atoms with Gasteiger partial charge in [0.25, 0.3) is 0 Å². The molecule has 0 unspecified atom stereocenters. The minimum Gasteiger partial charge on any atom is -0.302 e. The molecule has 0 radical (unpaired) electrons. The van der Waals surface area contributed by atoms with Gasteiger partial charge in [0.1, 0.15) is 0 Å². The minimum atomic E-state index is 0.458. The van der Waals surface area contributed by atoms with Crippen LogP contribution in [-0.2, 0) is 0 Å². The zero-order valence-corrected chi connectivity index (χ0v) is 9.48. The van der Waals surface area contributed by atoms with Gasteiger partial charge in [-0.25, -0.2) is 4.84 Å². The summed E-state index contributed by atoms with van der Waals surface area (Å²) in [4.78, 5) is 5.39. The molecule has 0 aromatic heterocycles. The fraction of sp³-hybridized carbons (Fsp3) is 1.00. The molecule has 0 aromatic rings. The molecule has 0 amide bonds. The van der Waals surface area contributed by atoms with Crippen LogP contribution in [0.1, 0.15) is 33.1 Å². The molecule has 0 spiro atoms. The van der Waals surface area contributed by atoms with Gasteiger partial charge in [-0.1, -0.05) is 13.8 Å². The topological polar surface area (TPSA) is 15.3 Å². The van der Waals surface area contributed by atoms with Gasteiger partial charge in [-0.2, -0.15) is 0 Å². The summed E-state index contributed by atoms with van der Waals surface area (Å²) < 4.78 is 0. The van der Waals surface area contributed by atoms with Crippen molar-refractivity contribution in [3.05, 3.63) is 0 Å². The summed E-state index contributed by atoms with van der Waals surface area (Å²) in [6, 6.07) is 0.458. The van der Waals surface area contributed by atoms with Gasteiger partial charge in [-0.3, -0.25) is 0 Å². The molecule has 1 aliphatic rings. The highest BCUT2D eigenvalue weighted by atomic mass is 35.5. The first-order valence-electron chi connectivity index (χ1n) is 5.31. The number of hydrogen-bond acceptors (Lipinski definition) is 2. The van der Waals surface area contributed by atoms with Crippen molar-refractivity contribution in [1.82, 2.24) is 9.74 Å². The molecular formula is C10H21ClN2. The van der Waals surface area contributed by atoms with Crippen LogP contribution in [0.3, 0.4) is 0 Å². The van der Waals surface area contributed by atoms with E-state index in [2.05, 4.69) is 23.6 Å². The van der Waals surface area contributed by atoms with Crippen LogP contribution < -0.4 is 4.84 Å². The molecule has 1 aliphatic heterocycles. The number of nitrogens with one attached hydrogen (secondary N) is 1. The number of rotatable bonds is 5. The fourth-order valence-electron chi connectivity index (χ4n) is 2.00. The van der Waals surface area contributed by atoms with E-state index >= 15 is 0 Å². The second kappa shape index (κ2) is 5.84. The Morgan fingerprint density at radius 3 is 2.38 bits per heavy atom. The van der Waals surface area contributed by atoms with Crippen molar-refractivity contribution >= 4 is 11.8 Å². The summed E-state index contributed by atoms with van der Waals surface area (Å²) in [7, 11) is 0. The molecule has 78 valence electrons. The van der Waals surface area contributed by atoms with Crippen molar-refractivity contribution < 1.29 is 0 Å². The molecule has 0 saturated carbocycles. The van der Waals surface area contributed by atoms with Crippen LogP contribution in [0.25, 0.3) is 0 Å². The Morgan fingerprint density at radius 2 is 1.92 bits per heavy atom. The summed E-state index contributed by atoms with van der Waals surface area (Å²) in [5, 5.41) is 0. The Kier molecular flexibility index (Phi) is 5.07. The second-order valence-electron chi connectivity index (χ2n) is 4.44. The number of halogens is 1. The lowest BCUT2D eigenvalue weighted by Gasteiger charge is -2.23. The minimum absolute atomic E-state index is 0.458. The summed E-state index contributed by atoms with van der Waals surface area (Å²) in [5.41, 5.74) is 0. The fourth-order valence-corrected chi connectivity index (χ4v) is 2.16. The maximum absolute atomic E-state index is 5.71. The van der Waals surface area contributed by atoms with Gasteiger partial charge in [0.05, 0.1) is 0 Å². The monoisotopic (exact) mass is 204 g/mol. The maximum atomic E-state index is 5.71. The average Bonchev–Trinajstić information content (AvgIpc) is 2.55. The lowest BCUT2D eigenvalue weighted by atomic mass is 10.0. The molecule has 1 N–H and O–H groups in total. The van der Waals surface area contributed by atoms with Crippen LogP contribution >= 0.6 is 11.8 Å². The molecule has 0 bridgehead atoms. The quantitative estimate of drug-likeness (QED) is 0.692. The van der Waals surface area contributed by atoms with Crippen molar-refractivity contribution in [2.75, 3.05) is 19.6 Å². The molecule has 0 aliphatic carbocycles. The lowest BCUT2D eigenvalue weighted by molar-refractivity contribution is 0.287. The van der Waals surface area contributed by atoms with Crippen LogP contribution in [0.5, 0.6) is 0 Å². The summed E-state index contributed by atoms with van der Waals surface area (Å²) in [6.45, 7) is 8.11. The first kappa shape index (κ1) is 11.3. The van der Waals surface area contributed by atoms with Crippen LogP contribution in [0.2, 0.25) is 0 Å². The van der Waals surface area contributed by atoms with E-state index in [0.717, 1.165) is 12.5 Å². The van der Waals surface area contributed by atoms with Crippen molar-refractivity contribution in [1.29, 1.82) is 0 Å². The average molecular weight is 205 g/mol. The van der Waals surface area contributed by atoms with Gasteiger partial charge in [0.2, 0.25) is 0 Å². The third-order valence-electron chi connectivity index (χ3n) is 2.59. The van der Waals surface area contributed by atoms with E-state index in [1.165, 1.54) is 32.4 Å². The summed E-state index contributed by atoms with van der Waals surface area (Å²) in [6.07, 6.45) is 3.88. The van der Waals surface area contributed by atoms with Gasteiger partial charge in [0.15, 0.2) is 0 Å². The normalized spacial score (nSPS) is 21.2. The summed E-state index contributed by atoms with van der Waals surface area (Å²) in [5.74, 6) is 0.721. The van der Waals surface area contributed by atoms with Crippen molar-refractivity contribution in [3.8, 4) is 0 Å². The number of likely N-dealkylation sites (tertiary alicyclic amines) is 1. The van der Waals surface area contributed by atoms with Crippen molar-refractivity contribution in [2.24, 2.45) is 5.92 Å². The van der Waals surface area contributed by atoms with E-state index in [9.17, 15) is 0 Å². The van der Waals surface area contributed by atoms with Crippen molar-refractivity contribution in [2.45, 2.75) is 39.2 Å². The van der Waals surface area contributed by atoms with Crippen LogP contribution in [0, 0.1) is 5.92 Å². The first-order chi connectivity index (χ1) is 6.22. The molecular weight excluding hydrogens is 184 g/mol. The van der Waals surface area contributed by atoms with E-state index in [0.29, 0.717) is 6.04 Å². The van der Waals surface area contributed by atoms with Crippen LogP contribution in [-0.4, -0.2) is 30.6 Å². The summed E-state index contributed by atoms with van der Waals surface area (Å²) >= 11 is 5.71. The molecule has 13 heavy (non-hydrogen) atoms. The molecule has 1 fully saturated rings. The molecule has 1 heterocycles. The first-order valence-corrected chi connectivity index (χ1v) is 5.68. The standard InChI is InChI=1S/C10H21ClN2/c1-9(2)7-10(12-11)8-13-5-3-4-6-13/h9-10,12H,3-8H2,1-2H3/t10-/m0/s1. The Bertz CT molecular complexity index is 133. The highest BCUT2D eigenvalue weighted by Gasteiger charge is 2.17. The Morgan fingerprint density at radius 1 is 1.31 bits per heavy atom. The van der Waals surface area contributed by atoms with E-state index in [1.807, 2.05) is 0 Å². The maximum Gasteiger partial charge on any atom is 0.0350 e. The van der Waals surface area contributed by atoms with Gasteiger partial charge < -0.3 is 4.90 Å². The molecule has 3 heteroatoms. The Balaban J connectivity index is 2.21. The highest BCUT2D eigenvalue weighted by molar-refractivity contribution is 6.13. The Hall–Kier alpha value is 0.210. The smallest absolute Gasteiger partial charge is 0.0350 e. The molecule has 1 atom stereocenters. The van der Waals surface area contributed by atoms with Gasteiger partial charge in [-0.05, 0) is 50.0 Å². The molecule has 2 nitrogen and oxygen atoms in total. The predicted molar refractivity (Wildman–Crippen MR) is 57.9 cm³/mol. The second-order valence-corrected chi connectivity index (χ2v) is 4.66. The SMILES string of the molecule is CC(C)C[C@@H](CN1CCCC1)NCl. The third kappa shape index (κ3) is 4.30. The number of hydrogen-bond donors (Lipinski definition) is 1. The van der Waals surface area contributed by atoms with E-state index in [1.54, 1.807) is 0 Å². The number of nitrogens with zero attached hydrogens (tertiary/aromatic N) is 1.